The third-order valence-electron chi connectivity index (χ3n) is 3.05. The molecule has 1 aromatic heterocycles. The van der Waals surface area contributed by atoms with Gasteiger partial charge >= 0.3 is 0 Å². The van der Waals surface area contributed by atoms with Crippen molar-refractivity contribution in [1.29, 1.82) is 0 Å². The highest BCUT2D eigenvalue weighted by Gasteiger charge is 2.05. The molecule has 0 unspecified atom stereocenters. The van der Waals surface area contributed by atoms with Crippen molar-refractivity contribution in [3.05, 3.63) is 24.3 Å². The maximum atomic E-state index is 5.69. The van der Waals surface area contributed by atoms with Gasteiger partial charge in [0, 0.05) is 5.56 Å². The van der Waals surface area contributed by atoms with Crippen LogP contribution in [0.2, 0.25) is 0 Å². The second kappa shape index (κ2) is 7.42. The second-order valence-corrected chi connectivity index (χ2v) is 4.81. The highest BCUT2D eigenvalue weighted by atomic mass is 16.5. The molecule has 112 valence electrons. The van der Waals surface area contributed by atoms with Gasteiger partial charge in [-0.2, -0.15) is 15.0 Å². The summed E-state index contributed by atoms with van der Waals surface area (Å²) in [7, 11) is 0. The van der Waals surface area contributed by atoms with Gasteiger partial charge in [0.2, 0.25) is 11.9 Å². The molecule has 4 N–H and O–H groups in total. The van der Waals surface area contributed by atoms with Gasteiger partial charge in [-0.25, -0.2) is 0 Å². The highest BCUT2D eigenvalue weighted by Crippen LogP contribution is 2.20. The number of benzene rings is 1. The lowest BCUT2D eigenvalue weighted by molar-refractivity contribution is 0.305. The molecule has 2 aromatic rings. The molecule has 0 radical (unpaired) electrons. The number of nitrogen functional groups attached to an aromatic ring is 2. The largest absolute Gasteiger partial charge is 0.494 e. The molecule has 0 fully saturated rings. The first-order valence-electron chi connectivity index (χ1n) is 7.19. The van der Waals surface area contributed by atoms with Crippen molar-refractivity contribution in [2.45, 2.75) is 32.6 Å². The fourth-order valence-electron chi connectivity index (χ4n) is 1.96. The van der Waals surface area contributed by atoms with Gasteiger partial charge in [-0.3, -0.25) is 0 Å². The third-order valence-corrected chi connectivity index (χ3v) is 3.05. The van der Waals surface area contributed by atoms with E-state index in [4.69, 9.17) is 16.2 Å². The topological polar surface area (TPSA) is 99.9 Å². The zero-order valence-corrected chi connectivity index (χ0v) is 12.2. The minimum atomic E-state index is 0.119. The number of ether oxygens (including phenoxy) is 1. The minimum Gasteiger partial charge on any atom is -0.494 e. The Morgan fingerprint density at radius 2 is 1.57 bits per heavy atom. The van der Waals surface area contributed by atoms with E-state index in [2.05, 4.69) is 21.9 Å². The maximum Gasteiger partial charge on any atom is 0.225 e. The van der Waals surface area contributed by atoms with E-state index in [1.807, 2.05) is 24.3 Å². The summed E-state index contributed by atoms with van der Waals surface area (Å²) in [5, 5.41) is 0. The van der Waals surface area contributed by atoms with Gasteiger partial charge in [0.15, 0.2) is 5.82 Å². The molecule has 1 aromatic carbocycles. The maximum absolute atomic E-state index is 5.69. The van der Waals surface area contributed by atoms with Crippen molar-refractivity contribution < 1.29 is 4.74 Å². The Morgan fingerprint density at radius 3 is 2.19 bits per heavy atom. The van der Waals surface area contributed by atoms with E-state index >= 15 is 0 Å². The van der Waals surface area contributed by atoms with E-state index in [9.17, 15) is 0 Å². The number of nitrogens with two attached hydrogens (primary N) is 2. The molecule has 0 spiro atoms. The predicted octanol–water partition coefficient (Wildman–Crippen LogP) is 2.66. The van der Waals surface area contributed by atoms with Gasteiger partial charge in [-0.05, 0) is 30.7 Å². The Bertz CT molecular complexity index is 551. The normalized spacial score (nSPS) is 10.5. The smallest absolute Gasteiger partial charge is 0.225 e. The SMILES string of the molecule is CCCCCCOc1ccc(-c2nc(N)nc(N)n2)cc1. The molecule has 21 heavy (non-hydrogen) atoms. The Labute approximate surface area is 124 Å². The number of aromatic nitrogens is 3. The summed E-state index contributed by atoms with van der Waals surface area (Å²) in [6, 6.07) is 7.56. The standard InChI is InChI=1S/C15H21N5O/c1-2-3-4-5-10-21-12-8-6-11(7-9-12)13-18-14(16)20-15(17)19-13/h6-9H,2-5,10H2,1H3,(H4,16,17,18,19,20). The molecule has 0 saturated heterocycles. The van der Waals surface area contributed by atoms with Crippen molar-refractivity contribution in [2.75, 3.05) is 18.1 Å². The van der Waals surface area contributed by atoms with Crippen LogP contribution in [0.25, 0.3) is 11.4 Å². The van der Waals surface area contributed by atoms with Crippen LogP contribution < -0.4 is 16.2 Å². The summed E-state index contributed by atoms with van der Waals surface area (Å²) in [5.74, 6) is 1.54. The molecule has 0 saturated carbocycles. The molecular formula is C15H21N5O. The lowest BCUT2D eigenvalue weighted by atomic mass is 10.2. The van der Waals surface area contributed by atoms with Crippen molar-refractivity contribution in [3.63, 3.8) is 0 Å². The predicted molar refractivity (Wildman–Crippen MR) is 83.7 cm³/mol. The van der Waals surface area contributed by atoms with Crippen LogP contribution in [0.4, 0.5) is 11.9 Å². The van der Waals surface area contributed by atoms with Gasteiger partial charge in [0.1, 0.15) is 5.75 Å². The van der Waals surface area contributed by atoms with Crippen LogP contribution in [0, 0.1) is 0 Å². The van der Waals surface area contributed by atoms with Crippen LogP contribution in [0.1, 0.15) is 32.6 Å². The van der Waals surface area contributed by atoms with Gasteiger partial charge in [-0.1, -0.05) is 26.2 Å². The van der Waals surface area contributed by atoms with Crippen molar-refractivity contribution in [2.24, 2.45) is 0 Å². The molecule has 1 heterocycles. The first-order valence-corrected chi connectivity index (χ1v) is 7.19. The van der Waals surface area contributed by atoms with E-state index in [1.165, 1.54) is 19.3 Å². The quantitative estimate of drug-likeness (QED) is 0.759. The zero-order valence-electron chi connectivity index (χ0n) is 12.2. The van der Waals surface area contributed by atoms with Crippen molar-refractivity contribution in [3.8, 4) is 17.1 Å². The second-order valence-electron chi connectivity index (χ2n) is 4.81. The van der Waals surface area contributed by atoms with Gasteiger partial charge in [-0.15, -0.1) is 0 Å². The monoisotopic (exact) mass is 287 g/mol. The summed E-state index contributed by atoms with van der Waals surface area (Å²) in [5.41, 5.74) is 12.0. The van der Waals surface area contributed by atoms with Crippen molar-refractivity contribution >= 4 is 11.9 Å². The van der Waals surface area contributed by atoms with E-state index in [0.717, 1.165) is 24.3 Å². The highest BCUT2D eigenvalue weighted by molar-refractivity contribution is 5.58. The fourth-order valence-corrected chi connectivity index (χ4v) is 1.96. The van der Waals surface area contributed by atoms with Crippen LogP contribution in [0.3, 0.4) is 0 Å². The van der Waals surface area contributed by atoms with Crippen molar-refractivity contribution in [1.82, 2.24) is 15.0 Å². The molecule has 6 heteroatoms. The van der Waals surface area contributed by atoms with Gasteiger partial charge < -0.3 is 16.2 Å². The lowest BCUT2D eigenvalue weighted by Crippen LogP contribution is -2.04. The van der Waals surface area contributed by atoms with Crippen LogP contribution >= 0.6 is 0 Å². The summed E-state index contributed by atoms with van der Waals surface area (Å²) < 4.78 is 5.69. The minimum absolute atomic E-state index is 0.119. The number of rotatable bonds is 7. The molecule has 0 amide bonds. The lowest BCUT2D eigenvalue weighted by Gasteiger charge is -2.07. The summed E-state index contributed by atoms with van der Waals surface area (Å²) in [4.78, 5) is 11.9. The molecule has 6 nitrogen and oxygen atoms in total. The molecule has 0 aliphatic carbocycles. The Hall–Kier alpha value is -2.37. The average Bonchev–Trinajstić information content (AvgIpc) is 2.47. The van der Waals surface area contributed by atoms with E-state index in [1.54, 1.807) is 0 Å². The molecule has 0 aliphatic heterocycles. The number of anilines is 2. The first kappa shape index (κ1) is 15.0. The van der Waals surface area contributed by atoms with Crippen LogP contribution in [0.15, 0.2) is 24.3 Å². The van der Waals surface area contributed by atoms with Crippen LogP contribution in [0.5, 0.6) is 5.75 Å². The number of nitrogens with zero attached hydrogens (tertiary/aromatic N) is 3. The molecule has 2 rings (SSSR count). The Morgan fingerprint density at radius 1 is 0.905 bits per heavy atom. The molecule has 0 atom stereocenters. The number of hydrogen-bond acceptors (Lipinski definition) is 6. The van der Waals surface area contributed by atoms with E-state index in [0.29, 0.717) is 5.82 Å². The van der Waals surface area contributed by atoms with Gasteiger partial charge in [0.25, 0.3) is 0 Å². The summed E-state index contributed by atoms with van der Waals surface area (Å²) in [6.45, 7) is 2.94. The Kier molecular flexibility index (Phi) is 5.31. The number of hydrogen-bond donors (Lipinski definition) is 2. The average molecular weight is 287 g/mol. The summed E-state index contributed by atoms with van der Waals surface area (Å²) >= 11 is 0. The van der Waals surface area contributed by atoms with Gasteiger partial charge in [0.05, 0.1) is 6.61 Å². The molecule has 0 aliphatic rings. The number of unbranched alkanes of at least 4 members (excludes halogenated alkanes) is 3. The molecule has 0 bridgehead atoms. The first-order chi connectivity index (χ1) is 10.2. The third kappa shape index (κ3) is 4.59. The Balaban J connectivity index is 1.95. The van der Waals surface area contributed by atoms with E-state index in [-0.39, 0.29) is 11.9 Å². The zero-order chi connectivity index (χ0) is 15.1. The van der Waals surface area contributed by atoms with E-state index < -0.39 is 0 Å². The summed E-state index contributed by atoms with van der Waals surface area (Å²) in [6.07, 6.45) is 4.77. The fraction of sp³-hybridized carbons (Fsp3) is 0.400. The molecular weight excluding hydrogens is 266 g/mol. The van der Waals surface area contributed by atoms with Crippen LogP contribution in [-0.4, -0.2) is 21.6 Å². The van der Waals surface area contributed by atoms with Crippen LogP contribution in [-0.2, 0) is 0 Å².